The van der Waals surface area contributed by atoms with E-state index in [0.29, 0.717) is 29.1 Å². The van der Waals surface area contributed by atoms with Crippen LogP contribution in [0.3, 0.4) is 0 Å². The van der Waals surface area contributed by atoms with Crippen molar-refractivity contribution in [1.29, 1.82) is 0 Å². The van der Waals surface area contributed by atoms with Crippen LogP contribution in [0.4, 0.5) is 8.78 Å². The van der Waals surface area contributed by atoms with E-state index in [4.69, 9.17) is 24.4 Å². The smallest absolute Gasteiger partial charge is 0.387 e. The maximum atomic E-state index is 13.4. The van der Waals surface area contributed by atoms with Gasteiger partial charge in [-0.25, -0.2) is 0 Å². The number of nitrogens with one attached hydrogen (secondary N) is 1. The molecule has 0 bridgehead atoms. The molecule has 2 heterocycles. The van der Waals surface area contributed by atoms with Crippen LogP contribution in [0.1, 0.15) is 48.9 Å². The van der Waals surface area contributed by atoms with Crippen LogP contribution >= 0.6 is 0 Å². The molecule has 2 unspecified atom stereocenters. The third kappa shape index (κ3) is 6.28. The minimum Gasteiger partial charge on any atom is -0.496 e. The summed E-state index contributed by atoms with van der Waals surface area (Å²) in [4.78, 5) is 15.6. The monoisotopic (exact) mass is 543 g/mol. The average Bonchev–Trinajstić information content (AvgIpc) is 3.59. The number of benzene rings is 2. The van der Waals surface area contributed by atoms with Gasteiger partial charge in [0, 0.05) is 35.6 Å². The highest BCUT2D eigenvalue weighted by molar-refractivity contribution is 6.02. The first kappa shape index (κ1) is 27.2. The maximum Gasteiger partial charge on any atom is 0.387 e. The fraction of sp³-hybridized carbons (Fsp3) is 0.483. The minimum absolute atomic E-state index is 0.0965. The average molecular weight is 544 g/mol. The van der Waals surface area contributed by atoms with Gasteiger partial charge < -0.3 is 29.7 Å². The Morgan fingerprint density at radius 1 is 1.13 bits per heavy atom. The van der Waals surface area contributed by atoms with E-state index in [1.54, 1.807) is 12.3 Å². The van der Waals surface area contributed by atoms with Gasteiger partial charge in [0.15, 0.2) is 0 Å². The number of amides is 1. The second kappa shape index (κ2) is 12.2. The first-order valence-electron chi connectivity index (χ1n) is 13.5. The summed E-state index contributed by atoms with van der Waals surface area (Å²) in [5.41, 5.74) is 7.83. The van der Waals surface area contributed by atoms with Gasteiger partial charge in [-0.2, -0.15) is 8.78 Å². The van der Waals surface area contributed by atoms with Gasteiger partial charge in [0.1, 0.15) is 35.0 Å². The molecule has 1 amide bonds. The zero-order valence-corrected chi connectivity index (χ0v) is 22.1. The molecule has 39 heavy (non-hydrogen) atoms. The first-order chi connectivity index (χ1) is 18.9. The molecule has 210 valence electrons. The van der Waals surface area contributed by atoms with E-state index in [1.165, 1.54) is 26.0 Å². The summed E-state index contributed by atoms with van der Waals surface area (Å²) < 4.78 is 48.9. The highest BCUT2D eigenvalue weighted by Gasteiger charge is 2.29. The molecule has 2 aromatic carbocycles. The highest BCUT2D eigenvalue weighted by atomic mass is 19.3. The lowest BCUT2D eigenvalue weighted by Gasteiger charge is -2.29. The molecule has 3 aromatic rings. The topological polar surface area (TPSA) is 99.2 Å². The third-order valence-electron chi connectivity index (χ3n) is 7.60. The molecule has 1 saturated heterocycles. The Bertz CT molecular complexity index is 1290. The molecule has 0 spiro atoms. The number of nitrogens with zero attached hydrogens (tertiary/aromatic N) is 1. The molecule has 10 heteroatoms. The van der Waals surface area contributed by atoms with Crippen molar-refractivity contribution in [3.63, 3.8) is 0 Å². The summed E-state index contributed by atoms with van der Waals surface area (Å²) in [6, 6.07) is 8.12. The number of ether oxygens (including phenoxy) is 3. The summed E-state index contributed by atoms with van der Waals surface area (Å²) in [6.45, 7) is 0.550. The van der Waals surface area contributed by atoms with Crippen molar-refractivity contribution in [2.75, 3.05) is 33.4 Å². The third-order valence-corrected chi connectivity index (χ3v) is 7.60. The van der Waals surface area contributed by atoms with Gasteiger partial charge in [0.2, 0.25) is 0 Å². The minimum atomic E-state index is -3.13. The molecule has 2 atom stereocenters. The van der Waals surface area contributed by atoms with Crippen LogP contribution in [0.5, 0.6) is 17.2 Å². The van der Waals surface area contributed by atoms with Crippen molar-refractivity contribution in [3.05, 3.63) is 42.2 Å². The van der Waals surface area contributed by atoms with Crippen molar-refractivity contribution in [2.24, 2.45) is 5.73 Å². The summed E-state index contributed by atoms with van der Waals surface area (Å²) in [5.74, 6) is -0.0438. The molecule has 1 aliphatic carbocycles. The normalized spacial score (nSPS) is 19.9. The molecule has 5 rings (SSSR count). The number of carbonyl (C=O) groups excluding carboxylic acids is 1. The number of fused-ring (bicyclic) bond motifs is 1. The van der Waals surface area contributed by atoms with Crippen molar-refractivity contribution >= 4 is 16.9 Å². The Balaban J connectivity index is 1.41. The first-order valence-corrected chi connectivity index (χ1v) is 13.5. The quantitative estimate of drug-likeness (QED) is 0.363. The fourth-order valence-electron chi connectivity index (χ4n) is 5.52. The van der Waals surface area contributed by atoms with Crippen LogP contribution in [0, 0.1) is 0 Å². The molecule has 3 N–H and O–H groups in total. The number of carbonyl (C=O) groups is 1. The van der Waals surface area contributed by atoms with Gasteiger partial charge >= 0.3 is 6.61 Å². The fourth-order valence-corrected chi connectivity index (χ4v) is 5.52. The van der Waals surface area contributed by atoms with Crippen molar-refractivity contribution in [2.45, 2.75) is 57.2 Å². The molecule has 1 saturated carbocycles. The van der Waals surface area contributed by atoms with E-state index in [-0.39, 0.29) is 29.1 Å². The summed E-state index contributed by atoms with van der Waals surface area (Å²) in [5, 5.41) is 3.65. The van der Waals surface area contributed by atoms with Crippen LogP contribution in [0.2, 0.25) is 0 Å². The number of hydrogen-bond acceptors (Lipinski definition) is 7. The highest BCUT2D eigenvalue weighted by Crippen LogP contribution is 2.40. The van der Waals surface area contributed by atoms with Crippen LogP contribution in [-0.4, -0.2) is 62.9 Å². The van der Waals surface area contributed by atoms with Gasteiger partial charge in [0.25, 0.3) is 5.91 Å². The number of alkyl halides is 2. The second-order valence-electron chi connectivity index (χ2n) is 10.2. The molecule has 2 aliphatic rings. The maximum absolute atomic E-state index is 13.4. The number of furan rings is 1. The largest absolute Gasteiger partial charge is 0.496 e. The second-order valence-corrected chi connectivity index (χ2v) is 10.2. The number of hydrogen-bond donors (Lipinski definition) is 2. The van der Waals surface area contributed by atoms with Gasteiger partial charge in [-0.15, -0.1) is 0 Å². The summed E-state index contributed by atoms with van der Waals surface area (Å²) in [7, 11) is 1.38. The predicted octanol–water partition coefficient (Wildman–Crippen LogP) is 5.18. The lowest BCUT2D eigenvalue weighted by molar-refractivity contribution is -0.0502. The zero-order chi connectivity index (χ0) is 27.4. The van der Waals surface area contributed by atoms with Crippen LogP contribution in [0.25, 0.3) is 22.1 Å². The Morgan fingerprint density at radius 2 is 1.90 bits per heavy atom. The zero-order valence-electron chi connectivity index (χ0n) is 22.1. The Labute approximate surface area is 226 Å². The van der Waals surface area contributed by atoms with E-state index in [9.17, 15) is 13.6 Å². The summed E-state index contributed by atoms with van der Waals surface area (Å²) >= 11 is 0. The Hall–Kier alpha value is -3.37. The lowest BCUT2D eigenvalue weighted by atomic mass is 9.90. The molecular weight excluding hydrogens is 508 g/mol. The van der Waals surface area contributed by atoms with E-state index in [2.05, 4.69) is 10.2 Å². The molecule has 0 radical (unpaired) electrons. The number of halogens is 2. The number of methoxy groups -OCH3 is 1. The van der Waals surface area contributed by atoms with E-state index < -0.39 is 12.5 Å². The molecule has 1 aliphatic heterocycles. The lowest BCUT2D eigenvalue weighted by Crippen LogP contribution is -2.49. The van der Waals surface area contributed by atoms with Crippen molar-refractivity contribution in [3.8, 4) is 28.4 Å². The predicted molar refractivity (Wildman–Crippen MR) is 144 cm³/mol. The van der Waals surface area contributed by atoms with Gasteiger partial charge in [-0.3, -0.25) is 9.69 Å². The van der Waals surface area contributed by atoms with E-state index in [1.807, 2.05) is 18.2 Å². The number of likely N-dealkylation sites (tertiary alicyclic amines) is 1. The standard InChI is InChI=1S/C29H35F2N3O5/c1-36-25-14-18(15-26(39-29(30)31)27(25)28(35)33-23-7-3-2-6-22(23)32)21-17-38-24-16-19(8-9-20(21)24)37-13-12-34-10-4-5-11-34/h8-9,14-17,22-23,29H,2-7,10-13,32H2,1H3,(H,33,35). The van der Waals surface area contributed by atoms with E-state index in [0.717, 1.165) is 50.7 Å². The summed E-state index contributed by atoms with van der Waals surface area (Å²) in [6.07, 6.45) is 7.46. The van der Waals surface area contributed by atoms with Crippen molar-refractivity contribution in [1.82, 2.24) is 10.2 Å². The van der Waals surface area contributed by atoms with Crippen LogP contribution < -0.4 is 25.3 Å². The number of rotatable bonds is 10. The Morgan fingerprint density at radius 3 is 2.64 bits per heavy atom. The van der Waals surface area contributed by atoms with E-state index >= 15 is 0 Å². The molecular formula is C29H35F2N3O5. The molecule has 2 fully saturated rings. The molecule has 8 nitrogen and oxygen atoms in total. The number of nitrogens with two attached hydrogens (primary N) is 1. The van der Waals surface area contributed by atoms with Gasteiger partial charge in [-0.1, -0.05) is 12.8 Å². The van der Waals surface area contributed by atoms with Crippen LogP contribution in [-0.2, 0) is 0 Å². The van der Waals surface area contributed by atoms with Gasteiger partial charge in [0.05, 0.1) is 13.4 Å². The SMILES string of the molecule is COc1cc(-c2coc3cc(OCCN4CCCC4)ccc23)cc(OC(F)F)c1C(=O)NC1CCCCC1N. The molecule has 1 aromatic heterocycles. The Kier molecular flexibility index (Phi) is 8.52. The van der Waals surface area contributed by atoms with Crippen molar-refractivity contribution < 1.29 is 32.2 Å². The van der Waals surface area contributed by atoms with Gasteiger partial charge in [-0.05, 0) is 68.6 Å². The van der Waals surface area contributed by atoms with Crippen LogP contribution in [0.15, 0.2) is 41.0 Å².